The smallest absolute Gasteiger partial charge is 0.201 e. The van der Waals surface area contributed by atoms with E-state index in [-0.39, 0.29) is 0 Å². The fourth-order valence-corrected chi connectivity index (χ4v) is 2.31. The van der Waals surface area contributed by atoms with Gasteiger partial charge in [-0.25, -0.2) is 8.78 Å². The predicted molar refractivity (Wildman–Crippen MR) is 68.6 cm³/mol. The van der Waals surface area contributed by atoms with Crippen LogP contribution < -0.4 is 0 Å². The minimum absolute atomic E-state index is 0.301. The Morgan fingerprint density at radius 3 is 1.47 bits per heavy atom. The highest BCUT2D eigenvalue weighted by molar-refractivity contribution is 9.09. The van der Waals surface area contributed by atoms with Crippen LogP contribution in [-0.4, -0.2) is 5.08 Å². The second-order valence-electron chi connectivity index (χ2n) is 3.74. The van der Waals surface area contributed by atoms with Crippen LogP contribution in [0.25, 0.3) is 0 Å². The van der Waals surface area contributed by atoms with Crippen LogP contribution >= 0.6 is 15.9 Å². The minimum Gasteiger partial charge on any atom is -0.231 e. The first-order chi connectivity index (χ1) is 8.15. The predicted octanol–water partition coefficient (Wildman–Crippen LogP) is 4.59. The second-order valence-corrected chi connectivity index (χ2v) is 4.55. The van der Waals surface area contributed by atoms with Crippen LogP contribution in [0.1, 0.15) is 11.1 Å². The van der Waals surface area contributed by atoms with Crippen LogP contribution in [0, 0.1) is 0 Å². The zero-order valence-corrected chi connectivity index (χ0v) is 10.6. The van der Waals surface area contributed by atoms with Crippen LogP contribution in [-0.2, 0) is 5.67 Å². The Labute approximate surface area is 107 Å². The molecule has 2 aromatic rings. The van der Waals surface area contributed by atoms with Crippen molar-refractivity contribution < 1.29 is 8.78 Å². The molecule has 0 aromatic heterocycles. The van der Waals surface area contributed by atoms with Gasteiger partial charge in [0, 0.05) is 0 Å². The average molecular weight is 297 g/mol. The van der Waals surface area contributed by atoms with Gasteiger partial charge in [0.1, 0.15) is 0 Å². The van der Waals surface area contributed by atoms with Gasteiger partial charge in [0.05, 0.1) is 0 Å². The molecule has 0 nitrogen and oxygen atoms in total. The Morgan fingerprint density at radius 1 is 0.824 bits per heavy atom. The molecule has 0 radical (unpaired) electrons. The van der Waals surface area contributed by atoms with Crippen molar-refractivity contribution >= 4 is 15.9 Å². The molecule has 0 heterocycles. The maximum atomic E-state index is 15.0. The van der Waals surface area contributed by atoms with E-state index in [1.807, 2.05) is 0 Å². The molecule has 1 atom stereocenters. The van der Waals surface area contributed by atoms with Crippen molar-refractivity contribution in [3.63, 3.8) is 0 Å². The largest absolute Gasteiger partial charge is 0.231 e. The van der Waals surface area contributed by atoms with E-state index in [4.69, 9.17) is 0 Å². The number of alkyl halides is 3. The molecule has 0 N–H and O–H groups in total. The maximum absolute atomic E-state index is 15.0. The van der Waals surface area contributed by atoms with Crippen molar-refractivity contribution in [2.45, 2.75) is 10.7 Å². The first kappa shape index (κ1) is 12.2. The summed E-state index contributed by atoms with van der Waals surface area (Å²) in [4.78, 5) is 0. The van der Waals surface area contributed by atoms with E-state index < -0.39 is 10.7 Å². The van der Waals surface area contributed by atoms with Crippen LogP contribution in [0.2, 0.25) is 0 Å². The molecule has 2 aromatic carbocycles. The van der Waals surface area contributed by atoms with Gasteiger partial charge in [0.15, 0.2) is 5.08 Å². The van der Waals surface area contributed by atoms with Crippen molar-refractivity contribution in [2.75, 3.05) is 0 Å². The van der Waals surface area contributed by atoms with Crippen LogP contribution in [0.15, 0.2) is 60.7 Å². The van der Waals surface area contributed by atoms with Crippen molar-refractivity contribution in [1.29, 1.82) is 0 Å². The normalized spacial score (nSPS) is 13.4. The van der Waals surface area contributed by atoms with E-state index in [1.54, 1.807) is 60.7 Å². The first-order valence-electron chi connectivity index (χ1n) is 5.24. The topological polar surface area (TPSA) is 0 Å². The SMILES string of the molecule is FC(Br)C(F)(c1ccccc1)c1ccccc1. The maximum Gasteiger partial charge on any atom is 0.201 e. The third kappa shape index (κ3) is 2.25. The van der Waals surface area contributed by atoms with E-state index in [0.717, 1.165) is 0 Å². The zero-order chi connectivity index (χ0) is 12.3. The Balaban J connectivity index is 2.55. The Morgan fingerprint density at radius 2 is 1.18 bits per heavy atom. The molecule has 2 rings (SSSR count). The molecule has 0 saturated heterocycles. The summed E-state index contributed by atoms with van der Waals surface area (Å²) in [6.45, 7) is 0. The lowest BCUT2D eigenvalue weighted by atomic mass is 9.89. The summed E-state index contributed by atoms with van der Waals surface area (Å²) in [5.41, 5.74) is -1.56. The first-order valence-corrected chi connectivity index (χ1v) is 6.15. The highest BCUT2D eigenvalue weighted by Gasteiger charge is 2.41. The number of halogens is 3. The van der Waals surface area contributed by atoms with Gasteiger partial charge in [0.2, 0.25) is 5.67 Å². The van der Waals surface area contributed by atoms with E-state index in [1.165, 1.54) is 0 Å². The fraction of sp³-hybridized carbons (Fsp3) is 0.143. The molecule has 0 aliphatic carbocycles. The molecule has 88 valence electrons. The van der Waals surface area contributed by atoms with Gasteiger partial charge in [-0.05, 0) is 27.1 Å². The van der Waals surface area contributed by atoms with E-state index in [2.05, 4.69) is 15.9 Å². The van der Waals surface area contributed by atoms with Gasteiger partial charge in [-0.2, -0.15) is 0 Å². The monoisotopic (exact) mass is 296 g/mol. The number of hydrogen-bond donors (Lipinski definition) is 0. The van der Waals surface area contributed by atoms with Gasteiger partial charge < -0.3 is 0 Å². The highest BCUT2D eigenvalue weighted by Crippen LogP contribution is 2.41. The molecule has 17 heavy (non-hydrogen) atoms. The van der Waals surface area contributed by atoms with Gasteiger partial charge in [-0.1, -0.05) is 60.7 Å². The summed E-state index contributed by atoms with van der Waals surface area (Å²) < 4.78 is 28.6. The molecule has 0 aliphatic rings. The standard InChI is InChI=1S/C14H11BrF2/c15-13(16)14(17,11-7-3-1-4-8-11)12-9-5-2-6-10-12/h1-10,13H. The average Bonchev–Trinajstić information content (AvgIpc) is 2.39. The molecular weight excluding hydrogens is 286 g/mol. The molecule has 1 unspecified atom stereocenters. The third-order valence-electron chi connectivity index (χ3n) is 2.69. The van der Waals surface area contributed by atoms with Gasteiger partial charge in [0.25, 0.3) is 0 Å². The van der Waals surface area contributed by atoms with Crippen molar-refractivity contribution in [2.24, 2.45) is 0 Å². The molecule has 0 spiro atoms. The number of rotatable bonds is 3. The van der Waals surface area contributed by atoms with Gasteiger partial charge in [-0.3, -0.25) is 0 Å². The minimum atomic E-state index is -2.16. The zero-order valence-electron chi connectivity index (χ0n) is 8.98. The Kier molecular flexibility index (Phi) is 3.57. The molecule has 0 bridgehead atoms. The highest BCUT2D eigenvalue weighted by atomic mass is 79.9. The fourth-order valence-electron chi connectivity index (χ4n) is 1.78. The Hall–Kier alpha value is -1.22. The molecule has 0 amide bonds. The molecule has 0 aliphatic heterocycles. The molecule has 3 heteroatoms. The van der Waals surface area contributed by atoms with Crippen LogP contribution in [0.5, 0.6) is 0 Å². The van der Waals surface area contributed by atoms with Crippen molar-refractivity contribution in [3.8, 4) is 0 Å². The van der Waals surface area contributed by atoms with Crippen LogP contribution in [0.4, 0.5) is 8.78 Å². The lowest BCUT2D eigenvalue weighted by Gasteiger charge is -2.26. The second kappa shape index (κ2) is 4.96. The summed E-state index contributed by atoms with van der Waals surface area (Å²) in [6, 6.07) is 16.7. The molecular formula is C14H11BrF2. The summed E-state index contributed by atoms with van der Waals surface area (Å²) in [5, 5.41) is -1.79. The summed E-state index contributed by atoms with van der Waals surface area (Å²) in [6.07, 6.45) is 0. The molecule has 0 saturated carbocycles. The summed E-state index contributed by atoms with van der Waals surface area (Å²) in [7, 11) is 0. The third-order valence-corrected chi connectivity index (χ3v) is 3.32. The van der Waals surface area contributed by atoms with Gasteiger partial charge >= 0.3 is 0 Å². The quantitative estimate of drug-likeness (QED) is 0.727. The van der Waals surface area contributed by atoms with Crippen LogP contribution in [0.3, 0.4) is 0 Å². The van der Waals surface area contributed by atoms with Crippen molar-refractivity contribution in [3.05, 3.63) is 71.8 Å². The lowest BCUT2D eigenvalue weighted by Crippen LogP contribution is -2.29. The Bertz CT molecular complexity index is 429. The van der Waals surface area contributed by atoms with E-state index in [9.17, 15) is 8.78 Å². The summed E-state index contributed by atoms with van der Waals surface area (Å²) >= 11 is 2.73. The molecule has 0 fully saturated rings. The van der Waals surface area contributed by atoms with E-state index >= 15 is 0 Å². The van der Waals surface area contributed by atoms with Gasteiger partial charge in [-0.15, -0.1) is 0 Å². The number of hydrogen-bond acceptors (Lipinski definition) is 0. The van der Waals surface area contributed by atoms with E-state index in [0.29, 0.717) is 11.1 Å². The van der Waals surface area contributed by atoms with Crippen molar-refractivity contribution in [1.82, 2.24) is 0 Å². The summed E-state index contributed by atoms with van der Waals surface area (Å²) in [5.74, 6) is 0. The number of benzene rings is 2. The lowest BCUT2D eigenvalue weighted by molar-refractivity contribution is 0.149.